The number of hydrogen-bond acceptors (Lipinski definition) is 5. The number of aromatic nitrogens is 4. The highest BCUT2D eigenvalue weighted by Crippen LogP contribution is 2.30. The zero-order valence-corrected chi connectivity index (χ0v) is 19.3. The van der Waals surface area contributed by atoms with Crippen molar-refractivity contribution in [2.45, 2.75) is 31.5 Å². The van der Waals surface area contributed by atoms with Crippen molar-refractivity contribution in [3.05, 3.63) is 71.9 Å². The van der Waals surface area contributed by atoms with Gasteiger partial charge in [-0.2, -0.15) is 18.3 Å². The minimum Gasteiger partial charge on any atom is -0.319 e. The SMILES string of the molecule is O=C(Nc1ccc(C(F)(F)F)nc1)c1n[nH]c2ccc(-c3cncc(CN4CCC(F)(F)CC4)c3)cc12. The van der Waals surface area contributed by atoms with Crippen molar-refractivity contribution in [1.29, 1.82) is 0 Å². The third-order valence-corrected chi connectivity index (χ3v) is 6.21. The summed E-state index contributed by atoms with van der Waals surface area (Å²) >= 11 is 0. The highest BCUT2D eigenvalue weighted by molar-refractivity contribution is 6.11. The first-order valence-corrected chi connectivity index (χ1v) is 11.4. The number of anilines is 1. The molecule has 192 valence electrons. The number of fused-ring (bicyclic) bond motifs is 1. The predicted octanol–water partition coefficient (Wildman–Crippen LogP) is 5.52. The first-order valence-electron chi connectivity index (χ1n) is 11.4. The number of amides is 1. The Labute approximate surface area is 207 Å². The Balaban J connectivity index is 1.34. The Hall–Kier alpha value is -3.93. The first-order chi connectivity index (χ1) is 17.6. The van der Waals surface area contributed by atoms with Crippen LogP contribution in [-0.2, 0) is 12.7 Å². The number of likely N-dealkylation sites (tertiary alicyclic amines) is 1. The number of hydrogen-bond donors (Lipinski definition) is 2. The van der Waals surface area contributed by atoms with Gasteiger partial charge in [0.05, 0.1) is 17.4 Å². The molecule has 7 nitrogen and oxygen atoms in total. The van der Waals surface area contributed by atoms with Crippen LogP contribution in [-0.4, -0.2) is 50.0 Å². The lowest BCUT2D eigenvalue weighted by molar-refractivity contribution is -0.141. The molecule has 1 aliphatic rings. The van der Waals surface area contributed by atoms with Gasteiger partial charge in [0, 0.05) is 55.8 Å². The Morgan fingerprint density at radius 2 is 1.81 bits per heavy atom. The van der Waals surface area contributed by atoms with Gasteiger partial charge in [0.15, 0.2) is 5.69 Å². The zero-order chi connectivity index (χ0) is 26.2. The molecule has 1 aromatic carbocycles. The molecule has 1 saturated heterocycles. The summed E-state index contributed by atoms with van der Waals surface area (Å²) < 4.78 is 65.1. The number of benzene rings is 1. The molecule has 4 heterocycles. The lowest BCUT2D eigenvalue weighted by Gasteiger charge is -2.31. The molecule has 0 unspecified atom stereocenters. The van der Waals surface area contributed by atoms with Gasteiger partial charge in [0.2, 0.25) is 0 Å². The molecule has 2 N–H and O–H groups in total. The van der Waals surface area contributed by atoms with Gasteiger partial charge in [0.1, 0.15) is 5.69 Å². The molecule has 0 bridgehead atoms. The number of carbonyl (C=O) groups is 1. The second-order valence-corrected chi connectivity index (χ2v) is 8.93. The third kappa shape index (κ3) is 5.58. The molecular formula is C25H21F5N6O. The minimum atomic E-state index is -4.58. The van der Waals surface area contributed by atoms with Crippen molar-refractivity contribution in [1.82, 2.24) is 25.1 Å². The summed E-state index contributed by atoms with van der Waals surface area (Å²) in [5.41, 5.74) is 2.11. The van der Waals surface area contributed by atoms with E-state index in [1.807, 2.05) is 17.0 Å². The molecule has 0 saturated carbocycles. The number of aromatic amines is 1. The molecule has 0 aliphatic carbocycles. The number of halogens is 5. The molecule has 4 aromatic rings. The van der Waals surface area contributed by atoms with Crippen LogP contribution in [0.5, 0.6) is 0 Å². The number of alkyl halides is 5. The van der Waals surface area contributed by atoms with E-state index in [0.29, 0.717) is 30.5 Å². The standard InChI is InChI=1S/C25H21F5N6O/c26-24(27)5-7-36(8-6-24)14-15-9-17(12-31-11-15)16-1-3-20-19(10-16)22(35-34-20)23(37)33-18-2-4-21(32-13-18)25(28,29)30/h1-4,9-13H,5-8,14H2,(H,33,37)(H,34,35). The molecule has 5 rings (SSSR count). The predicted molar refractivity (Wildman–Crippen MR) is 126 cm³/mol. The topological polar surface area (TPSA) is 86.8 Å². The maximum Gasteiger partial charge on any atom is 0.433 e. The van der Waals surface area contributed by atoms with E-state index in [1.54, 1.807) is 24.5 Å². The van der Waals surface area contributed by atoms with Gasteiger partial charge >= 0.3 is 6.18 Å². The summed E-state index contributed by atoms with van der Waals surface area (Å²) in [6, 6.07) is 9.19. The number of piperidine rings is 1. The van der Waals surface area contributed by atoms with Crippen molar-refractivity contribution in [3.8, 4) is 11.1 Å². The second-order valence-electron chi connectivity index (χ2n) is 8.93. The van der Waals surface area contributed by atoms with Crippen molar-refractivity contribution < 1.29 is 26.7 Å². The van der Waals surface area contributed by atoms with E-state index in [0.717, 1.165) is 35.0 Å². The molecule has 0 atom stereocenters. The number of pyridine rings is 2. The van der Waals surface area contributed by atoms with Gasteiger partial charge in [-0.3, -0.25) is 19.8 Å². The monoisotopic (exact) mass is 516 g/mol. The molecule has 3 aromatic heterocycles. The average molecular weight is 516 g/mol. The van der Waals surface area contributed by atoms with Crippen LogP contribution < -0.4 is 5.32 Å². The molecule has 37 heavy (non-hydrogen) atoms. The Morgan fingerprint density at radius 3 is 2.51 bits per heavy atom. The maximum atomic E-state index is 13.5. The van der Waals surface area contributed by atoms with E-state index in [4.69, 9.17) is 0 Å². The Kier molecular flexibility index (Phi) is 6.36. The molecular weight excluding hydrogens is 495 g/mol. The highest BCUT2D eigenvalue weighted by atomic mass is 19.4. The smallest absolute Gasteiger partial charge is 0.319 e. The van der Waals surface area contributed by atoms with E-state index in [2.05, 4.69) is 25.5 Å². The maximum absolute atomic E-state index is 13.5. The molecule has 0 spiro atoms. The molecule has 12 heteroatoms. The van der Waals surface area contributed by atoms with Crippen molar-refractivity contribution >= 4 is 22.5 Å². The number of nitrogens with one attached hydrogen (secondary N) is 2. The lowest BCUT2D eigenvalue weighted by atomic mass is 10.0. The van der Waals surface area contributed by atoms with Crippen LogP contribution in [0.3, 0.4) is 0 Å². The number of nitrogens with zero attached hydrogens (tertiary/aromatic N) is 4. The minimum absolute atomic E-state index is 0.0649. The fraction of sp³-hybridized carbons (Fsp3) is 0.280. The van der Waals surface area contributed by atoms with Crippen molar-refractivity contribution in [2.24, 2.45) is 0 Å². The van der Waals surface area contributed by atoms with Crippen LogP contribution >= 0.6 is 0 Å². The van der Waals surface area contributed by atoms with Gasteiger partial charge in [-0.05, 0) is 41.5 Å². The van der Waals surface area contributed by atoms with Crippen LogP contribution in [0.15, 0.2) is 55.0 Å². The van der Waals surface area contributed by atoms with Crippen LogP contribution in [0.1, 0.15) is 34.6 Å². The van der Waals surface area contributed by atoms with Gasteiger partial charge < -0.3 is 5.32 Å². The largest absolute Gasteiger partial charge is 0.433 e. The second kappa shape index (κ2) is 9.51. The van der Waals surface area contributed by atoms with E-state index in [-0.39, 0.29) is 24.2 Å². The van der Waals surface area contributed by atoms with Gasteiger partial charge in [0.25, 0.3) is 11.8 Å². The van der Waals surface area contributed by atoms with E-state index in [1.165, 1.54) is 0 Å². The molecule has 1 fully saturated rings. The lowest BCUT2D eigenvalue weighted by Crippen LogP contribution is -2.38. The summed E-state index contributed by atoms with van der Waals surface area (Å²) in [5.74, 6) is -3.22. The molecule has 1 amide bonds. The van der Waals surface area contributed by atoms with Crippen LogP contribution in [0.25, 0.3) is 22.0 Å². The zero-order valence-electron chi connectivity index (χ0n) is 19.3. The molecule has 0 radical (unpaired) electrons. The average Bonchev–Trinajstić information content (AvgIpc) is 3.29. The van der Waals surface area contributed by atoms with E-state index in [9.17, 15) is 26.7 Å². The van der Waals surface area contributed by atoms with Gasteiger partial charge in [-0.25, -0.2) is 13.8 Å². The third-order valence-electron chi connectivity index (χ3n) is 6.21. The van der Waals surface area contributed by atoms with Gasteiger partial charge in [-0.15, -0.1) is 0 Å². The fourth-order valence-electron chi connectivity index (χ4n) is 4.22. The fourth-order valence-corrected chi connectivity index (χ4v) is 4.22. The van der Waals surface area contributed by atoms with Crippen LogP contribution in [0.2, 0.25) is 0 Å². The normalized spacial score (nSPS) is 16.1. The Bertz CT molecular complexity index is 1420. The number of rotatable bonds is 5. The van der Waals surface area contributed by atoms with Crippen molar-refractivity contribution in [3.63, 3.8) is 0 Å². The van der Waals surface area contributed by atoms with Crippen LogP contribution in [0.4, 0.5) is 27.6 Å². The summed E-state index contributed by atoms with van der Waals surface area (Å²) in [5, 5.41) is 9.87. The van der Waals surface area contributed by atoms with E-state index < -0.39 is 23.7 Å². The number of H-pyrrole nitrogens is 1. The summed E-state index contributed by atoms with van der Waals surface area (Å²) in [4.78, 5) is 22.4. The highest BCUT2D eigenvalue weighted by Gasteiger charge is 2.34. The van der Waals surface area contributed by atoms with Crippen LogP contribution in [0, 0.1) is 0 Å². The summed E-state index contributed by atoms with van der Waals surface area (Å²) in [6.45, 7) is 1.12. The summed E-state index contributed by atoms with van der Waals surface area (Å²) in [6.07, 6.45) is -0.602. The van der Waals surface area contributed by atoms with E-state index >= 15 is 0 Å². The number of carbonyl (C=O) groups excluding carboxylic acids is 1. The molecule has 1 aliphatic heterocycles. The quantitative estimate of drug-likeness (QED) is 0.341. The Morgan fingerprint density at radius 1 is 1.03 bits per heavy atom. The van der Waals surface area contributed by atoms with Crippen molar-refractivity contribution in [2.75, 3.05) is 18.4 Å². The van der Waals surface area contributed by atoms with Gasteiger partial charge in [-0.1, -0.05) is 6.07 Å². The summed E-state index contributed by atoms with van der Waals surface area (Å²) in [7, 11) is 0. The first kappa shape index (κ1) is 24.8.